The van der Waals surface area contributed by atoms with E-state index in [9.17, 15) is 9.59 Å². The highest BCUT2D eigenvalue weighted by molar-refractivity contribution is 5.82. The summed E-state index contributed by atoms with van der Waals surface area (Å²) in [5, 5.41) is 30.0. The van der Waals surface area contributed by atoms with Gasteiger partial charge in [-0.05, 0) is 55.4 Å². The zero-order valence-corrected chi connectivity index (χ0v) is 19.5. The van der Waals surface area contributed by atoms with E-state index in [0.29, 0.717) is 6.61 Å². The Kier molecular flexibility index (Phi) is 14.8. The van der Waals surface area contributed by atoms with Crippen LogP contribution in [0.1, 0.15) is 62.3 Å². The summed E-state index contributed by atoms with van der Waals surface area (Å²) < 4.78 is 10.7. The molecule has 0 radical (unpaired) electrons. The minimum absolute atomic E-state index is 0. The van der Waals surface area contributed by atoms with Gasteiger partial charge in [0.05, 0.1) is 13.2 Å². The number of hydrogen-bond acceptors (Lipinski definition) is 7. The fraction of sp³-hybridized carbons (Fsp3) is 0.842. The molecule has 2 atom stereocenters. The molecule has 0 bridgehead atoms. The fourth-order valence-electron chi connectivity index (χ4n) is 1.80. The van der Waals surface area contributed by atoms with E-state index in [1.54, 1.807) is 34.6 Å². The third kappa shape index (κ3) is 19.5. The standard InChI is InChI=1S/C10H19NO3.C7H15NO3.C2H4O2.H2O/c1-9(2,3)11-8(12)7-6-13-10(4,5)14-7;1-7(2,3)8-6(11)5(10)4-9;1-2(3)4;/h7H,6H2,1-5H3,(H,11,12);5,9-10H,4H2,1-3H3,(H,8,11);1H3,(H,3,4);1H2. The van der Waals surface area contributed by atoms with Crippen molar-refractivity contribution in [2.24, 2.45) is 0 Å². The average molecular weight is 441 g/mol. The second kappa shape index (κ2) is 13.5. The molecule has 180 valence electrons. The predicted octanol–water partition coefficient (Wildman–Crippen LogP) is -0.427. The van der Waals surface area contributed by atoms with Gasteiger partial charge in [-0.2, -0.15) is 0 Å². The van der Waals surface area contributed by atoms with E-state index in [1.165, 1.54) is 0 Å². The summed E-state index contributed by atoms with van der Waals surface area (Å²) in [7, 11) is 0. The van der Waals surface area contributed by atoms with Gasteiger partial charge in [-0.25, -0.2) is 0 Å². The molecule has 0 aromatic heterocycles. The second-order valence-corrected chi connectivity index (χ2v) is 9.01. The summed E-state index contributed by atoms with van der Waals surface area (Å²) in [6, 6.07) is 0. The third-order valence-corrected chi connectivity index (χ3v) is 2.77. The van der Waals surface area contributed by atoms with Crippen LogP contribution < -0.4 is 10.6 Å². The average Bonchev–Trinajstić information content (AvgIpc) is 2.83. The van der Waals surface area contributed by atoms with Crippen LogP contribution in [0, 0.1) is 0 Å². The summed E-state index contributed by atoms with van der Waals surface area (Å²) in [4.78, 5) is 31.5. The molecule has 7 N–H and O–H groups in total. The first-order valence-corrected chi connectivity index (χ1v) is 9.24. The van der Waals surface area contributed by atoms with Crippen LogP contribution in [0.3, 0.4) is 0 Å². The minimum Gasteiger partial charge on any atom is -0.481 e. The molecule has 1 fully saturated rings. The molecule has 1 aliphatic heterocycles. The number of rotatable bonds is 3. The van der Waals surface area contributed by atoms with Gasteiger partial charge in [-0.1, -0.05) is 0 Å². The molecule has 0 spiro atoms. The van der Waals surface area contributed by atoms with Crippen LogP contribution in [0.15, 0.2) is 0 Å². The molecule has 11 heteroatoms. The maximum absolute atomic E-state index is 11.6. The first-order chi connectivity index (χ1) is 12.8. The Morgan fingerprint density at radius 2 is 1.47 bits per heavy atom. The lowest BCUT2D eigenvalue weighted by atomic mass is 10.1. The van der Waals surface area contributed by atoms with Gasteiger partial charge in [0.1, 0.15) is 0 Å². The highest BCUT2D eigenvalue weighted by Gasteiger charge is 2.37. The lowest BCUT2D eigenvalue weighted by molar-refractivity contribution is -0.154. The predicted molar refractivity (Wildman–Crippen MR) is 111 cm³/mol. The summed E-state index contributed by atoms with van der Waals surface area (Å²) >= 11 is 0. The van der Waals surface area contributed by atoms with Crippen molar-refractivity contribution in [2.45, 2.75) is 91.4 Å². The van der Waals surface area contributed by atoms with Gasteiger partial charge in [0, 0.05) is 18.0 Å². The Morgan fingerprint density at radius 3 is 1.73 bits per heavy atom. The Bertz CT molecular complexity index is 533. The summed E-state index contributed by atoms with van der Waals surface area (Å²) in [5.41, 5.74) is -0.597. The highest BCUT2D eigenvalue weighted by Crippen LogP contribution is 2.22. The molecule has 30 heavy (non-hydrogen) atoms. The Labute approximate surface area is 178 Å². The number of aliphatic hydroxyl groups is 2. The molecule has 2 unspecified atom stereocenters. The number of carbonyl (C=O) groups is 3. The maximum atomic E-state index is 11.6. The van der Waals surface area contributed by atoms with Crippen molar-refractivity contribution in [3.05, 3.63) is 0 Å². The zero-order chi connectivity index (χ0) is 23.6. The van der Waals surface area contributed by atoms with Gasteiger partial charge in [0.15, 0.2) is 18.0 Å². The molecular weight excluding hydrogens is 400 g/mol. The first kappa shape index (κ1) is 32.9. The molecule has 1 saturated heterocycles. The SMILES string of the molecule is CC(=O)O.CC(C)(C)NC(=O)C(O)CO.CC(C)(C)NC(=O)C1COC(C)(C)O1.O. The molecule has 0 aromatic rings. The molecule has 1 rings (SSSR count). The van der Waals surface area contributed by atoms with Crippen molar-refractivity contribution in [3.63, 3.8) is 0 Å². The number of ether oxygens (including phenoxy) is 2. The van der Waals surface area contributed by atoms with Gasteiger partial charge in [0.2, 0.25) is 0 Å². The van der Waals surface area contributed by atoms with Crippen molar-refractivity contribution < 1.29 is 44.7 Å². The van der Waals surface area contributed by atoms with E-state index in [2.05, 4.69) is 10.6 Å². The smallest absolute Gasteiger partial charge is 0.300 e. The molecule has 0 aliphatic carbocycles. The lowest BCUT2D eigenvalue weighted by Gasteiger charge is -2.23. The highest BCUT2D eigenvalue weighted by atomic mass is 16.7. The molecule has 0 saturated carbocycles. The normalized spacial score (nSPS) is 18.3. The van der Waals surface area contributed by atoms with Crippen LogP contribution in [0.5, 0.6) is 0 Å². The Balaban J connectivity index is -0.000000410. The molecule has 1 aliphatic rings. The number of nitrogens with one attached hydrogen (secondary N) is 2. The summed E-state index contributed by atoms with van der Waals surface area (Å²) in [5.74, 6) is -2.12. The van der Waals surface area contributed by atoms with Crippen LogP contribution in [-0.2, 0) is 23.9 Å². The lowest BCUT2D eigenvalue weighted by Crippen LogP contribution is -2.47. The topological polar surface area (TPSA) is 186 Å². The van der Waals surface area contributed by atoms with Crippen molar-refractivity contribution in [3.8, 4) is 0 Å². The van der Waals surface area contributed by atoms with Gasteiger partial charge in [-0.3, -0.25) is 14.4 Å². The van der Waals surface area contributed by atoms with Gasteiger partial charge < -0.3 is 40.9 Å². The van der Waals surface area contributed by atoms with Gasteiger partial charge >= 0.3 is 0 Å². The quantitative estimate of drug-likeness (QED) is 0.391. The second-order valence-electron chi connectivity index (χ2n) is 9.01. The number of aliphatic carboxylic acids is 1. The fourth-order valence-corrected chi connectivity index (χ4v) is 1.80. The van der Waals surface area contributed by atoms with Crippen molar-refractivity contribution >= 4 is 17.8 Å². The van der Waals surface area contributed by atoms with Crippen LogP contribution in [-0.4, -0.2) is 80.9 Å². The van der Waals surface area contributed by atoms with Crippen molar-refractivity contribution in [1.29, 1.82) is 0 Å². The molecule has 11 nitrogen and oxygen atoms in total. The number of carbonyl (C=O) groups excluding carboxylic acids is 2. The molecule has 0 aromatic carbocycles. The summed E-state index contributed by atoms with van der Waals surface area (Å²) in [6.45, 7) is 15.7. The van der Waals surface area contributed by atoms with E-state index in [1.807, 2.05) is 20.8 Å². The first-order valence-electron chi connectivity index (χ1n) is 9.24. The Morgan fingerprint density at radius 1 is 1.07 bits per heavy atom. The number of carboxylic acids is 1. The van der Waals surface area contributed by atoms with E-state index in [-0.39, 0.29) is 22.5 Å². The number of aliphatic hydroxyl groups excluding tert-OH is 2. The molecular formula is C19H40N2O9. The van der Waals surface area contributed by atoms with E-state index in [4.69, 9.17) is 29.6 Å². The zero-order valence-electron chi connectivity index (χ0n) is 19.5. The minimum atomic E-state index is -1.31. The van der Waals surface area contributed by atoms with Crippen LogP contribution in [0.4, 0.5) is 0 Å². The van der Waals surface area contributed by atoms with Gasteiger partial charge in [0.25, 0.3) is 17.8 Å². The van der Waals surface area contributed by atoms with E-state index >= 15 is 0 Å². The van der Waals surface area contributed by atoms with Crippen molar-refractivity contribution in [2.75, 3.05) is 13.2 Å². The van der Waals surface area contributed by atoms with E-state index in [0.717, 1.165) is 6.92 Å². The third-order valence-electron chi connectivity index (χ3n) is 2.77. The number of carboxylic acid groups (broad SMARTS) is 1. The molecule has 2 amide bonds. The van der Waals surface area contributed by atoms with E-state index < -0.39 is 36.5 Å². The maximum Gasteiger partial charge on any atom is 0.300 e. The monoisotopic (exact) mass is 440 g/mol. The number of amides is 2. The van der Waals surface area contributed by atoms with Crippen LogP contribution in [0.2, 0.25) is 0 Å². The molecule has 1 heterocycles. The largest absolute Gasteiger partial charge is 0.481 e. The summed E-state index contributed by atoms with van der Waals surface area (Å²) in [6.07, 6.45) is -1.79. The van der Waals surface area contributed by atoms with Crippen LogP contribution >= 0.6 is 0 Å². The van der Waals surface area contributed by atoms with Crippen molar-refractivity contribution in [1.82, 2.24) is 10.6 Å². The number of hydrogen-bond donors (Lipinski definition) is 5. The Hall–Kier alpha value is -1.79. The van der Waals surface area contributed by atoms with Gasteiger partial charge in [-0.15, -0.1) is 0 Å². The van der Waals surface area contributed by atoms with Crippen LogP contribution in [0.25, 0.3) is 0 Å².